The number of H-pyrrole nitrogens is 1. The highest BCUT2D eigenvalue weighted by atomic mass is 32.2. The van der Waals surface area contributed by atoms with Crippen LogP contribution in [-0.2, 0) is 27.8 Å². The summed E-state index contributed by atoms with van der Waals surface area (Å²) < 4.78 is 25.0. The molecule has 7 heteroatoms. The number of carbonyl (C=O) groups excluding carboxylic acids is 1. The van der Waals surface area contributed by atoms with Crippen molar-refractivity contribution in [2.75, 3.05) is 11.0 Å². The number of hydrogen-bond donors (Lipinski definition) is 3. The molecule has 2 aromatic carbocycles. The van der Waals surface area contributed by atoms with E-state index in [1.807, 2.05) is 30.5 Å². The fraction of sp³-hybridized carbons (Fsp3) is 0.250. The van der Waals surface area contributed by atoms with Crippen LogP contribution in [0.2, 0.25) is 0 Å². The lowest BCUT2D eigenvalue weighted by molar-refractivity contribution is -0.121. The second-order valence-corrected chi connectivity index (χ2v) is 8.31. The van der Waals surface area contributed by atoms with Crippen molar-refractivity contribution in [1.82, 2.24) is 10.3 Å². The second kappa shape index (κ2) is 8.26. The molecule has 142 valence electrons. The molecule has 0 aliphatic carbocycles. The van der Waals surface area contributed by atoms with E-state index in [1.54, 1.807) is 18.2 Å². The first-order valence-corrected chi connectivity index (χ1v) is 10.7. The van der Waals surface area contributed by atoms with Crippen molar-refractivity contribution in [3.05, 3.63) is 65.9 Å². The summed E-state index contributed by atoms with van der Waals surface area (Å²) >= 11 is 0. The molecule has 0 radical (unpaired) electrons. The van der Waals surface area contributed by atoms with E-state index in [4.69, 9.17) is 0 Å². The third-order valence-electron chi connectivity index (χ3n) is 4.24. The minimum absolute atomic E-state index is 0.0173. The summed E-state index contributed by atoms with van der Waals surface area (Å²) in [6.45, 7) is 0.366. The van der Waals surface area contributed by atoms with Crippen molar-refractivity contribution < 1.29 is 13.2 Å². The van der Waals surface area contributed by atoms with Crippen LogP contribution in [0.4, 0.5) is 5.69 Å². The number of hydrogen-bond acceptors (Lipinski definition) is 3. The van der Waals surface area contributed by atoms with E-state index in [0.29, 0.717) is 18.7 Å². The van der Waals surface area contributed by atoms with Crippen LogP contribution in [0.1, 0.15) is 24.0 Å². The van der Waals surface area contributed by atoms with Gasteiger partial charge in [-0.05, 0) is 42.2 Å². The van der Waals surface area contributed by atoms with Crippen LogP contribution < -0.4 is 10.0 Å². The van der Waals surface area contributed by atoms with Crippen LogP contribution in [-0.4, -0.2) is 25.6 Å². The zero-order valence-corrected chi connectivity index (χ0v) is 16.0. The first-order valence-electron chi connectivity index (χ1n) is 8.79. The molecule has 1 heterocycles. The van der Waals surface area contributed by atoms with Gasteiger partial charge in [-0.1, -0.05) is 30.3 Å². The average Bonchev–Trinajstić information content (AvgIpc) is 3.02. The monoisotopic (exact) mass is 385 g/mol. The number of aromatic nitrogens is 1. The van der Waals surface area contributed by atoms with E-state index in [-0.39, 0.29) is 5.91 Å². The molecule has 1 aromatic heterocycles. The lowest BCUT2D eigenvalue weighted by atomic mass is 10.1. The molecule has 0 fully saturated rings. The number of aromatic amines is 1. The van der Waals surface area contributed by atoms with Crippen LogP contribution in [0.15, 0.2) is 54.7 Å². The number of nitrogens with one attached hydrogen (secondary N) is 3. The maximum Gasteiger partial charge on any atom is 0.229 e. The molecule has 0 saturated heterocycles. The SMILES string of the molecule is CS(=O)(=O)Nc1cccc(CNC(=O)CCCc2c[nH]c3ccccc23)c1. The number of anilines is 1. The highest BCUT2D eigenvalue weighted by Gasteiger charge is 2.07. The van der Waals surface area contributed by atoms with Gasteiger partial charge in [-0.25, -0.2) is 8.42 Å². The molecule has 0 aliphatic rings. The Morgan fingerprint density at radius 1 is 1.11 bits per heavy atom. The minimum atomic E-state index is -3.31. The summed E-state index contributed by atoms with van der Waals surface area (Å²) in [5, 5.41) is 4.08. The molecular weight excluding hydrogens is 362 g/mol. The topological polar surface area (TPSA) is 91.1 Å². The zero-order valence-electron chi connectivity index (χ0n) is 15.2. The largest absolute Gasteiger partial charge is 0.361 e. The summed E-state index contributed by atoms with van der Waals surface area (Å²) in [6.07, 6.45) is 5.16. The van der Waals surface area contributed by atoms with Gasteiger partial charge in [0.2, 0.25) is 15.9 Å². The molecule has 0 saturated carbocycles. The van der Waals surface area contributed by atoms with E-state index < -0.39 is 10.0 Å². The van der Waals surface area contributed by atoms with Gasteiger partial charge in [-0.3, -0.25) is 9.52 Å². The highest BCUT2D eigenvalue weighted by molar-refractivity contribution is 7.92. The van der Waals surface area contributed by atoms with E-state index in [9.17, 15) is 13.2 Å². The smallest absolute Gasteiger partial charge is 0.229 e. The van der Waals surface area contributed by atoms with Crippen molar-refractivity contribution >= 4 is 32.5 Å². The van der Waals surface area contributed by atoms with Gasteiger partial charge in [0.15, 0.2) is 0 Å². The second-order valence-electron chi connectivity index (χ2n) is 6.56. The van der Waals surface area contributed by atoms with E-state index in [1.165, 1.54) is 10.9 Å². The zero-order chi connectivity index (χ0) is 19.3. The number of carbonyl (C=O) groups is 1. The maximum absolute atomic E-state index is 12.1. The van der Waals surface area contributed by atoms with Crippen molar-refractivity contribution in [3.63, 3.8) is 0 Å². The van der Waals surface area contributed by atoms with Crippen LogP contribution in [0.5, 0.6) is 0 Å². The predicted molar refractivity (Wildman–Crippen MR) is 108 cm³/mol. The molecule has 3 N–H and O–H groups in total. The summed E-state index contributed by atoms with van der Waals surface area (Å²) in [7, 11) is -3.31. The minimum Gasteiger partial charge on any atom is -0.361 e. The Morgan fingerprint density at radius 2 is 1.93 bits per heavy atom. The Hall–Kier alpha value is -2.80. The maximum atomic E-state index is 12.1. The van der Waals surface area contributed by atoms with Crippen LogP contribution in [0.3, 0.4) is 0 Å². The van der Waals surface area contributed by atoms with Crippen molar-refractivity contribution in [2.45, 2.75) is 25.8 Å². The Labute approximate surface area is 159 Å². The number of para-hydroxylation sites is 1. The summed E-state index contributed by atoms with van der Waals surface area (Å²) in [4.78, 5) is 15.3. The molecule has 0 spiro atoms. The fourth-order valence-corrected chi connectivity index (χ4v) is 3.58. The van der Waals surface area contributed by atoms with Gasteiger partial charge in [0.25, 0.3) is 0 Å². The van der Waals surface area contributed by atoms with Crippen LogP contribution >= 0.6 is 0 Å². The number of fused-ring (bicyclic) bond motifs is 1. The third-order valence-corrected chi connectivity index (χ3v) is 4.85. The number of sulfonamides is 1. The van der Waals surface area contributed by atoms with Crippen molar-refractivity contribution in [3.8, 4) is 0 Å². The summed E-state index contributed by atoms with van der Waals surface area (Å²) in [6, 6.07) is 15.1. The Kier molecular flexibility index (Phi) is 5.81. The van der Waals surface area contributed by atoms with Gasteiger partial charge in [0.05, 0.1) is 6.26 Å². The normalized spacial score (nSPS) is 11.4. The highest BCUT2D eigenvalue weighted by Crippen LogP contribution is 2.19. The summed E-state index contributed by atoms with van der Waals surface area (Å²) in [5.74, 6) is -0.0173. The van der Waals surface area contributed by atoms with E-state index in [2.05, 4.69) is 21.1 Å². The lowest BCUT2D eigenvalue weighted by Crippen LogP contribution is -2.22. The predicted octanol–water partition coefficient (Wildman–Crippen LogP) is 3.18. The quantitative estimate of drug-likeness (QED) is 0.556. The summed E-state index contributed by atoms with van der Waals surface area (Å²) in [5.41, 5.74) is 3.66. The Morgan fingerprint density at radius 3 is 2.74 bits per heavy atom. The molecular formula is C20H23N3O3S. The van der Waals surface area contributed by atoms with E-state index in [0.717, 1.165) is 30.2 Å². The molecule has 3 aromatic rings. The first kappa shape index (κ1) is 19.0. The molecule has 1 amide bonds. The number of rotatable bonds is 8. The number of amides is 1. The van der Waals surface area contributed by atoms with Gasteiger partial charge in [-0.15, -0.1) is 0 Å². The van der Waals surface area contributed by atoms with Gasteiger partial charge in [-0.2, -0.15) is 0 Å². The van der Waals surface area contributed by atoms with Crippen LogP contribution in [0, 0.1) is 0 Å². The third kappa shape index (κ3) is 5.59. The molecule has 0 aliphatic heterocycles. The van der Waals surface area contributed by atoms with E-state index >= 15 is 0 Å². The molecule has 27 heavy (non-hydrogen) atoms. The average molecular weight is 385 g/mol. The molecule has 0 unspecified atom stereocenters. The Bertz CT molecular complexity index is 1040. The van der Waals surface area contributed by atoms with Crippen molar-refractivity contribution in [1.29, 1.82) is 0 Å². The lowest BCUT2D eigenvalue weighted by Gasteiger charge is -2.08. The Balaban J connectivity index is 1.47. The molecule has 0 atom stereocenters. The molecule has 0 bridgehead atoms. The first-order chi connectivity index (χ1) is 12.9. The van der Waals surface area contributed by atoms with Gasteiger partial charge in [0, 0.05) is 35.8 Å². The van der Waals surface area contributed by atoms with Crippen LogP contribution in [0.25, 0.3) is 10.9 Å². The van der Waals surface area contributed by atoms with Crippen molar-refractivity contribution in [2.24, 2.45) is 0 Å². The standard InChI is InChI=1S/C20H23N3O3S/c1-27(25,26)23-17-8-4-6-15(12-17)13-22-20(24)11-5-7-16-14-21-19-10-3-2-9-18(16)19/h2-4,6,8-10,12,14,21,23H,5,7,11,13H2,1H3,(H,22,24). The van der Waals surface area contributed by atoms with Gasteiger partial charge < -0.3 is 10.3 Å². The molecule has 3 rings (SSSR count). The van der Waals surface area contributed by atoms with Gasteiger partial charge in [0.1, 0.15) is 0 Å². The fourth-order valence-electron chi connectivity index (χ4n) is 3.03. The molecule has 6 nitrogen and oxygen atoms in total. The number of benzene rings is 2. The number of aryl methyl sites for hydroxylation is 1. The van der Waals surface area contributed by atoms with Gasteiger partial charge >= 0.3 is 0 Å².